The second-order valence-corrected chi connectivity index (χ2v) is 8.63. The Labute approximate surface area is 156 Å². The predicted octanol–water partition coefficient (Wildman–Crippen LogP) is 3.04. The highest BCUT2D eigenvalue weighted by atomic mass is 32.2. The summed E-state index contributed by atoms with van der Waals surface area (Å²) < 4.78 is 25.8. The van der Waals surface area contributed by atoms with Crippen LogP contribution >= 0.6 is 0 Å². The fourth-order valence-electron chi connectivity index (χ4n) is 2.69. The van der Waals surface area contributed by atoms with Gasteiger partial charge in [0.15, 0.2) is 0 Å². The van der Waals surface area contributed by atoms with Crippen molar-refractivity contribution in [3.05, 3.63) is 64.7 Å². The van der Waals surface area contributed by atoms with Crippen LogP contribution in [0.3, 0.4) is 0 Å². The summed E-state index contributed by atoms with van der Waals surface area (Å²) >= 11 is 0. The number of sulfonamides is 1. The first-order valence-electron chi connectivity index (χ1n) is 8.43. The van der Waals surface area contributed by atoms with E-state index in [4.69, 9.17) is 0 Å². The number of rotatable bonds is 6. The normalized spacial score (nSPS) is 11.3. The monoisotopic (exact) mass is 374 g/mol. The molecule has 0 saturated heterocycles. The number of hydrogen-bond acceptors (Lipinski definition) is 3. The molecule has 0 heterocycles. The minimum Gasteiger partial charge on any atom is -0.340 e. The van der Waals surface area contributed by atoms with Gasteiger partial charge in [0.25, 0.3) is 0 Å². The molecule has 1 amide bonds. The van der Waals surface area contributed by atoms with Crippen molar-refractivity contribution < 1.29 is 13.2 Å². The molecule has 2 aromatic rings. The van der Waals surface area contributed by atoms with Crippen LogP contribution in [0.15, 0.2) is 42.5 Å². The van der Waals surface area contributed by atoms with Gasteiger partial charge in [-0.15, -0.1) is 0 Å². The van der Waals surface area contributed by atoms with Crippen LogP contribution < -0.4 is 4.31 Å². The number of hydrogen-bond donors (Lipinski definition) is 0. The maximum atomic E-state index is 12.7. The van der Waals surface area contributed by atoms with E-state index < -0.39 is 10.0 Å². The average molecular weight is 375 g/mol. The molecule has 0 N–H and O–H groups in total. The first-order chi connectivity index (χ1) is 12.1. The lowest BCUT2D eigenvalue weighted by molar-refractivity contribution is -0.128. The Bertz CT molecular complexity index is 890. The Morgan fingerprint density at radius 3 is 2.19 bits per heavy atom. The molecular formula is C20H26N2O3S. The minimum absolute atomic E-state index is 0.217. The largest absolute Gasteiger partial charge is 0.340 e. The van der Waals surface area contributed by atoms with Gasteiger partial charge < -0.3 is 4.90 Å². The highest BCUT2D eigenvalue weighted by Gasteiger charge is 2.24. The Morgan fingerprint density at radius 1 is 1.00 bits per heavy atom. The van der Waals surface area contributed by atoms with Crippen LogP contribution in [0.1, 0.15) is 22.3 Å². The van der Waals surface area contributed by atoms with Crippen molar-refractivity contribution >= 4 is 21.6 Å². The van der Waals surface area contributed by atoms with E-state index in [-0.39, 0.29) is 12.5 Å². The van der Waals surface area contributed by atoms with Crippen molar-refractivity contribution in [2.24, 2.45) is 0 Å². The highest BCUT2D eigenvalue weighted by Crippen LogP contribution is 2.25. The van der Waals surface area contributed by atoms with E-state index in [1.807, 2.05) is 51.1 Å². The summed E-state index contributed by atoms with van der Waals surface area (Å²) in [5.41, 5.74) is 4.54. The van der Waals surface area contributed by atoms with E-state index >= 15 is 0 Å². The number of aryl methyl sites for hydroxylation is 2. The minimum atomic E-state index is -3.58. The van der Waals surface area contributed by atoms with Gasteiger partial charge in [0.1, 0.15) is 6.54 Å². The summed E-state index contributed by atoms with van der Waals surface area (Å²) in [5.74, 6) is -0.253. The quantitative estimate of drug-likeness (QED) is 0.781. The summed E-state index contributed by atoms with van der Waals surface area (Å²) in [6.07, 6.45) is 1.13. The van der Waals surface area contributed by atoms with Crippen molar-refractivity contribution in [2.45, 2.75) is 27.3 Å². The van der Waals surface area contributed by atoms with Crippen LogP contribution in [0.4, 0.5) is 5.69 Å². The van der Waals surface area contributed by atoms with Gasteiger partial charge in [-0.05, 0) is 43.5 Å². The van der Waals surface area contributed by atoms with E-state index in [0.29, 0.717) is 12.2 Å². The maximum absolute atomic E-state index is 12.7. The van der Waals surface area contributed by atoms with Crippen LogP contribution in [0.5, 0.6) is 0 Å². The molecule has 6 heteroatoms. The molecule has 0 radical (unpaired) electrons. The first kappa shape index (κ1) is 20.0. The molecule has 140 valence electrons. The second kappa shape index (κ2) is 7.91. The smallest absolute Gasteiger partial charge is 0.243 e. The van der Waals surface area contributed by atoms with Gasteiger partial charge in [0.2, 0.25) is 15.9 Å². The molecule has 0 bridgehead atoms. The fraction of sp³-hybridized carbons (Fsp3) is 0.350. The molecule has 0 aliphatic heterocycles. The Kier molecular flexibility index (Phi) is 6.08. The number of carbonyl (C=O) groups is 1. The van der Waals surface area contributed by atoms with E-state index in [9.17, 15) is 13.2 Å². The van der Waals surface area contributed by atoms with Gasteiger partial charge in [-0.1, -0.05) is 42.0 Å². The van der Waals surface area contributed by atoms with Gasteiger partial charge in [-0.3, -0.25) is 9.10 Å². The van der Waals surface area contributed by atoms with Crippen LogP contribution in [0.2, 0.25) is 0 Å². The third kappa shape index (κ3) is 4.85. The maximum Gasteiger partial charge on any atom is 0.243 e. The Morgan fingerprint density at radius 2 is 1.62 bits per heavy atom. The van der Waals surface area contributed by atoms with Gasteiger partial charge in [0, 0.05) is 13.6 Å². The zero-order valence-electron chi connectivity index (χ0n) is 16.0. The molecule has 2 rings (SSSR count). The molecule has 0 aromatic heterocycles. The number of benzene rings is 2. The van der Waals surface area contributed by atoms with Crippen LogP contribution in [-0.2, 0) is 21.4 Å². The van der Waals surface area contributed by atoms with E-state index in [1.54, 1.807) is 24.1 Å². The molecule has 0 aliphatic rings. The lowest BCUT2D eigenvalue weighted by Crippen LogP contribution is -2.41. The van der Waals surface area contributed by atoms with Crippen molar-refractivity contribution in [2.75, 3.05) is 24.2 Å². The second-order valence-electron chi connectivity index (χ2n) is 6.72. The zero-order valence-corrected chi connectivity index (χ0v) is 16.8. The standard InChI is InChI=1S/C20H26N2O3S/c1-15-9-11-18(12-10-15)13-21(4)20(23)14-22(26(5,24)25)19-8-6-7-16(2)17(19)3/h6-12H,13-14H2,1-5H3. The van der Waals surface area contributed by atoms with Gasteiger partial charge >= 0.3 is 0 Å². The molecule has 0 saturated carbocycles. The molecule has 0 spiro atoms. The third-order valence-corrected chi connectivity index (χ3v) is 5.62. The van der Waals surface area contributed by atoms with Crippen molar-refractivity contribution in [1.82, 2.24) is 4.90 Å². The SMILES string of the molecule is Cc1ccc(CN(C)C(=O)CN(c2cccc(C)c2C)S(C)(=O)=O)cc1. The summed E-state index contributed by atoms with van der Waals surface area (Å²) in [6.45, 7) is 6.01. The first-order valence-corrected chi connectivity index (χ1v) is 10.3. The van der Waals surface area contributed by atoms with Crippen molar-refractivity contribution in [1.29, 1.82) is 0 Å². The van der Waals surface area contributed by atoms with Crippen molar-refractivity contribution in [3.8, 4) is 0 Å². The van der Waals surface area contributed by atoms with E-state index in [1.165, 1.54) is 4.31 Å². The van der Waals surface area contributed by atoms with Gasteiger partial charge in [0.05, 0.1) is 11.9 Å². The van der Waals surface area contributed by atoms with E-state index in [2.05, 4.69) is 0 Å². The number of nitrogens with zero attached hydrogens (tertiary/aromatic N) is 2. The summed E-state index contributed by atoms with van der Waals surface area (Å²) in [4.78, 5) is 14.2. The fourth-order valence-corrected chi connectivity index (χ4v) is 3.59. The van der Waals surface area contributed by atoms with Gasteiger partial charge in [-0.25, -0.2) is 8.42 Å². The number of anilines is 1. The topological polar surface area (TPSA) is 57.7 Å². The zero-order chi connectivity index (χ0) is 19.5. The molecule has 0 aliphatic carbocycles. The summed E-state index contributed by atoms with van der Waals surface area (Å²) in [7, 11) is -1.89. The molecule has 26 heavy (non-hydrogen) atoms. The van der Waals surface area contributed by atoms with E-state index in [0.717, 1.165) is 28.5 Å². The third-order valence-electron chi connectivity index (χ3n) is 4.49. The number of likely N-dealkylation sites (N-methyl/N-ethyl adjacent to an activating group) is 1. The average Bonchev–Trinajstić information content (AvgIpc) is 2.56. The van der Waals surface area contributed by atoms with Crippen LogP contribution in [0, 0.1) is 20.8 Å². The Hall–Kier alpha value is -2.34. The number of amides is 1. The molecule has 0 unspecified atom stereocenters. The van der Waals surface area contributed by atoms with Crippen LogP contribution in [-0.4, -0.2) is 39.1 Å². The van der Waals surface area contributed by atoms with Gasteiger partial charge in [-0.2, -0.15) is 0 Å². The lowest BCUT2D eigenvalue weighted by Gasteiger charge is -2.27. The van der Waals surface area contributed by atoms with Crippen LogP contribution in [0.25, 0.3) is 0 Å². The highest BCUT2D eigenvalue weighted by molar-refractivity contribution is 7.92. The molecular weight excluding hydrogens is 348 g/mol. The lowest BCUT2D eigenvalue weighted by atomic mass is 10.1. The molecule has 0 atom stereocenters. The van der Waals surface area contributed by atoms with Crippen molar-refractivity contribution in [3.63, 3.8) is 0 Å². The summed E-state index contributed by atoms with van der Waals surface area (Å²) in [5, 5.41) is 0. The summed E-state index contributed by atoms with van der Waals surface area (Å²) in [6, 6.07) is 13.4. The molecule has 0 fully saturated rings. The molecule has 2 aromatic carbocycles. The Balaban J connectivity index is 2.21. The molecule has 5 nitrogen and oxygen atoms in total. The number of carbonyl (C=O) groups excluding carboxylic acids is 1. The predicted molar refractivity (Wildman–Crippen MR) is 106 cm³/mol.